The van der Waals surface area contributed by atoms with Gasteiger partial charge in [-0.3, -0.25) is 9.78 Å². The Balaban J connectivity index is 2.34. The molecule has 1 heterocycles. The predicted octanol–water partition coefficient (Wildman–Crippen LogP) is 2.23. The second-order valence-corrected chi connectivity index (χ2v) is 4.17. The zero-order valence-electron chi connectivity index (χ0n) is 8.09. The summed E-state index contributed by atoms with van der Waals surface area (Å²) in [5.74, 6) is -0.0696. The van der Waals surface area contributed by atoms with E-state index in [1.165, 1.54) is 12.3 Å². The van der Waals surface area contributed by atoms with Gasteiger partial charge in [-0.25, -0.2) is 4.39 Å². The number of hydrogen-bond acceptors (Lipinski definition) is 2. The molecule has 0 bridgehead atoms. The van der Waals surface area contributed by atoms with E-state index >= 15 is 0 Å². The van der Waals surface area contributed by atoms with Crippen molar-refractivity contribution in [1.82, 2.24) is 4.98 Å². The Morgan fingerprint density at radius 1 is 1.50 bits per heavy atom. The van der Waals surface area contributed by atoms with Crippen molar-refractivity contribution in [3.05, 3.63) is 29.8 Å². The molecule has 1 aromatic rings. The maximum Gasteiger partial charge on any atom is 0.141 e. The monoisotopic (exact) mass is 193 g/mol. The number of ketones is 1. The van der Waals surface area contributed by atoms with Crippen LogP contribution in [0.15, 0.2) is 18.5 Å². The molecule has 0 amide bonds. The third-order valence-corrected chi connectivity index (χ3v) is 2.94. The number of rotatable bonds is 1. The normalized spacial score (nSPS) is 26.9. The van der Waals surface area contributed by atoms with E-state index in [2.05, 4.69) is 4.98 Å². The van der Waals surface area contributed by atoms with Crippen LogP contribution in [0.25, 0.3) is 0 Å². The minimum absolute atomic E-state index is 0.202. The van der Waals surface area contributed by atoms with Crippen molar-refractivity contribution in [2.75, 3.05) is 0 Å². The maximum atomic E-state index is 12.9. The fraction of sp³-hybridized carbons (Fsp3) is 0.455. The van der Waals surface area contributed by atoms with E-state index < -0.39 is 0 Å². The average molecular weight is 193 g/mol. The van der Waals surface area contributed by atoms with Gasteiger partial charge in [0.05, 0.1) is 6.20 Å². The van der Waals surface area contributed by atoms with Gasteiger partial charge < -0.3 is 0 Å². The van der Waals surface area contributed by atoms with Crippen LogP contribution in [0.5, 0.6) is 0 Å². The van der Waals surface area contributed by atoms with Gasteiger partial charge in [0, 0.05) is 24.5 Å². The van der Waals surface area contributed by atoms with Crippen molar-refractivity contribution in [3.63, 3.8) is 0 Å². The number of Topliss-reactive ketones (excluding diaryl/α,β-unsaturated/α-hetero) is 1. The van der Waals surface area contributed by atoms with E-state index in [4.69, 9.17) is 0 Å². The fourth-order valence-corrected chi connectivity index (χ4v) is 2.02. The second-order valence-electron chi connectivity index (χ2n) is 4.17. The first-order chi connectivity index (χ1) is 6.60. The first-order valence-electron chi connectivity index (χ1n) is 4.73. The van der Waals surface area contributed by atoms with Crippen molar-refractivity contribution in [2.24, 2.45) is 0 Å². The summed E-state index contributed by atoms with van der Waals surface area (Å²) in [6, 6.07) is 1.48. The quantitative estimate of drug-likeness (QED) is 0.684. The third-order valence-electron chi connectivity index (χ3n) is 2.94. The molecule has 2 nitrogen and oxygen atoms in total. The maximum absolute atomic E-state index is 12.9. The average Bonchev–Trinajstić information content (AvgIpc) is 2.48. The first-order valence-corrected chi connectivity index (χ1v) is 4.73. The fourth-order valence-electron chi connectivity index (χ4n) is 2.02. The molecule has 1 aliphatic rings. The van der Waals surface area contributed by atoms with Gasteiger partial charge in [0.2, 0.25) is 0 Å². The van der Waals surface area contributed by atoms with Crippen LogP contribution in [-0.4, -0.2) is 10.8 Å². The Hall–Kier alpha value is -1.25. The Morgan fingerprint density at radius 3 is 2.86 bits per heavy atom. The number of carbonyl (C=O) groups excluding carboxylic acids is 1. The molecular weight excluding hydrogens is 181 g/mol. The van der Waals surface area contributed by atoms with E-state index in [0.717, 1.165) is 12.0 Å². The summed E-state index contributed by atoms with van der Waals surface area (Å²) in [7, 11) is 0. The SMILES string of the molecule is CC1(c2cncc(F)c2)CCC(=O)C1. The first kappa shape index (κ1) is 9.31. The smallest absolute Gasteiger partial charge is 0.141 e. The summed E-state index contributed by atoms with van der Waals surface area (Å²) in [5.41, 5.74) is 0.634. The van der Waals surface area contributed by atoms with Crippen LogP contribution in [0.1, 0.15) is 31.7 Å². The van der Waals surface area contributed by atoms with Crippen LogP contribution in [0, 0.1) is 5.82 Å². The van der Waals surface area contributed by atoms with Crippen molar-refractivity contribution in [3.8, 4) is 0 Å². The van der Waals surface area contributed by atoms with Crippen molar-refractivity contribution in [1.29, 1.82) is 0 Å². The Morgan fingerprint density at radius 2 is 2.29 bits per heavy atom. The topological polar surface area (TPSA) is 30.0 Å². The van der Waals surface area contributed by atoms with E-state index in [0.29, 0.717) is 12.8 Å². The molecule has 1 atom stereocenters. The summed E-state index contributed by atoms with van der Waals surface area (Å²) < 4.78 is 12.9. The highest BCUT2D eigenvalue weighted by atomic mass is 19.1. The van der Waals surface area contributed by atoms with Crippen LogP contribution in [-0.2, 0) is 10.2 Å². The standard InChI is InChI=1S/C11H12FNO/c1-11(3-2-10(14)5-11)8-4-9(12)7-13-6-8/h4,6-7H,2-3,5H2,1H3. The summed E-state index contributed by atoms with van der Waals surface area (Å²) in [5, 5.41) is 0. The molecule has 3 heteroatoms. The molecule has 0 saturated heterocycles. The third kappa shape index (κ3) is 1.54. The molecule has 14 heavy (non-hydrogen) atoms. The number of carbonyl (C=O) groups is 1. The summed E-state index contributed by atoms with van der Waals surface area (Å²) in [6.07, 6.45) is 4.76. The molecule has 0 aliphatic heterocycles. The van der Waals surface area contributed by atoms with Gasteiger partial charge in [-0.1, -0.05) is 6.92 Å². The molecule has 1 aromatic heterocycles. The second kappa shape index (κ2) is 3.15. The molecule has 74 valence electrons. The van der Waals surface area contributed by atoms with E-state index in [9.17, 15) is 9.18 Å². The van der Waals surface area contributed by atoms with Gasteiger partial charge in [0.15, 0.2) is 0 Å². The van der Waals surface area contributed by atoms with Crippen LogP contribution < -0.4 is 0 Å². The Bertz CT molecular complexity index is 377. The number of hydrogen-bond donors (Lipinski definition) is 0. The predicted molar refractivity (Wildman–Crippen MR) is 50.4 cm³/mol. The largest absolute Gasteiger partial charge is 0.300 e. The molecule has 1 unspecified atom stereocenters. The van der Waals surface area contributed by atoms with Crippen LogP contribution in [0.3, 0.4) is 0 Å². The summed E-state index contributed by atoms with van der Waals surface area (Å²) in [6.45, 7) is 1.99. The Kier molecular flexibility index (Phi) is 2.10. The lowest BCUT2D eigenvalue weighted by Crippen LogP contribution is -2.18. The molecule has 0 aromatic carbocycles. The summed E-state index contributed by atoms with van der Waals surface area (Å²) >= 11 is 0. The van der Waals surface area contributed by atoms with Crippen LogP contribution >= 0.6 is 0 Å². The van der Waals surface area contributed by atoms with Gasteiger partial charge in [-0.05, 0) is 18.1 Å². The molecule has 0 spiro atoms. The Labute approximate surface area is 82.2 Å². The van der Waals surface area contributed by atoms with Crippen LogP contribution in [0.4, 0.5) is 4.39 Å². The number of nitrogens with zero attached hydrogens (tertiary/aromatic N) is 1. The highest BCUT2D eigenvalue weighted by Gasteiger charge is 2.35. The lowest BCUT2D eigenvalue weighted by Gasteiger charge is -2.22. The molecule has 0 radical (unpaired) electrons. The van der Waals surface area contributed by atoms with Crippen molar-refractivity contribution in [2.45, 2.75) is 31.6 Å². The summed E-state index contributed by atoms with van der Waals surface area (Å²) in [4.78, 5) is 15.0. The van der Waals surface area contributed by atoms with Crippen LogP contribution in [0.2, 0.25) is 0 Å². The number of halogens is 1. The van der Waals surface area contributed by atoms with Crippen molar-refractivity contribution >= 4 is 5.78 Å². The zero-order chi connectivity index (χ0) is 10.2. The van der Waals surface area contributed by atoms with E-state index in [1.54, 1.807) is 6.20 Å². The minimum Gasteiger partial charge on any atom is -0.300 e. The molecule has 1 aliphatic carbocycles. The van der Waals surface area contributed by atoms with E-state index in [1.807, 2.05) is 6.92 Å². The highest BCUT2D eigenvalue weighted by molar-refractivity contribution is 5.82. The number of aromatic nitrogens is 1. The number of pyridine rings is 1. The molecule has 0 N–H and O–H groups in total. The van der Waals surface area contributed by atoms with Gasteiger partial charge in [-0.15, -0.1) is 0 Å². The van der Waals surface area contributed by atoms with E-state index in [-0.39, 0.29) is 17.0 Å². The van der Waals surface area contributed by atoms with Gasteiger partial charge in [0.1, 0.15) is 11.6 Å². The minimum atomic E-state index is -0.330. The molecule has 1 fully saturated rings. The van der Waals surface area contributed by atoms with Gasteiger partial charge in [0.25, 0.3) is 0 Å². The molecule has 1 saturated carbocycles. The zero-order valence-corrected chi connectivity index (χ0v) is 8.09. The van der Waals surface area contributed by atoms with Gasteiger partial charge >= 0.3 is 0 Å². The van der Waals surface area contributed by atoms with Gasteiger partial charge in [-0.2, -0.15) is 0 Å². The lowest BCUT2D eigenvalue weighted by atomic mass is 9.82. The van der Waals surface area contributed by atoms with Crippen molar-refractivity contribution < 1.29 is 9.18 Å². The lowest BCUT2D eigenvalue weighted by molar-refractivity contribution is -0.117. The molecular formula is C11H12FNO. The molecule has 2 rings (SSSR count). The highest BCUT2D eigenvalue weighted by Crippen LogP contribution is 2.38.